The second kappa shape index (κ2) is 9.05. The summed E-state index contributed by atoms with van der Waals surface area (Å²) < 4.78 is 5.33. The van der Waals surface area contributed by atoms with Gasteiger partial charge in [0, 0.05) is 29.0 Å². The quantitative estimate of drug-likeness (QED) is 0.634. The Kier molecular flexibility index (Phi) is 6.28. The van der Waals surface area contributed by atoms with Crippen LogP contribution in [0.5, 0.6) is 5.75 Å². The lowest BCUT2D eigenvalue weighted by Crippen LogP contribution is -2.25. The minimum atomic E-state index is -0.147. The summed E-state index contributed by atoms with van der Waals surface area (Å²) in [6, 6.07) is 18.5. The van der Waals surface area contributed by atoms with Gasteiger partial charge in [0.25, 0.3) is 5.91 Å². The van der Waals surface area contributed by atoms with Gasteiger partial charge in [0.05, 0.1) is 7.11 Å². The normalized spacial score (nSPS) is 10.3. The van der Waals surface area contributed by atoms with Crippen molar-refractivity contribution in [2.24, 2.45) is 0 Å². The predicted octanol–water partition coefficient (Wildman–Crippen LogP) is 4.46. The third-order valence-corrected chi connectivity index (χ3v) is 4.26. The molecule has 0 aliphatic heterocycles. The third-order valence-electron chi connectivity index (χ3n) is 4.01. The number of halogens is 1. The van der Waals surface area contributed by atoms with Gasteiger partial charge in [-0.3, -0.25) is 4.79 Å². The van der Waals surface area contributed by atoms with E-state index in [1.165, 1.54) is 0 Å². The smallest absolute Gasteiger partial charge is 0.251 e. The van der Waals surface area contributed by atoms with Gasteiger partial charge in [-0.25, -0.2) is 4.98 Å². The summed E-state index contributed by atoms with van der Waals surface area (Å²) in [7, 11) is 1.64. The molecule has 1 amide bonds. The maximum Gasteiger partial charge on any atom is 0.251 e. The molecule has 3 rings (SSSR count). The second-order valence-corrected chi connectivity index (χ2v) is 6.32. The molecule has 0 saturated carbocycles. The first-order chi connectivity index (χ1) is 13.2. The minimum absolute atomic E-state index is 0.147. The molecule has 0 saturated heterocycles. The highest BCUT2D eigenvalue weighted by Crippen LogP contribution is 2.19. The van der Waals surface area contributed by atoms with E-state index in [-0.39, 0.29) is 5.91 Å². The highest BCUT2D eigenvalue weighted by Gasteiger charge is 2.08. The Labute approximate surface area is 163 Å². The molecule has 0 atom stereocenters. The van der Waals surface area contributed by atoms with Crippen LogP contribution in [0.3, 0.4) is 0 Å². The van der Waals surface area contributed by atoms with Crippen molar-refractivity contribution in [3.63, 3.8) is 0 Å². The lowest BCUT2D eigenvalue weighted by atomic mass is 10.1. The first kappa shape index (κ1) is 18.7. The fraction of sp³-hybridized carbons (Fsp3) is 0.143. The van der Waals surface area contributed by atoms with Gasteiger partial charge in [0.1, 0.15) is 11.6 Å². The molecule has 1 heterocycles. The molecule has 2 N–H and O–H groups in total. The van der Waals surface area contributed by atoms with E-state index in [9.17, 15) is 4.79 Å². The molecule has 2 aromatic carbocycles. The minimum Gasteiger partial charge on any atom is -0.496 e. The van der Waals surface area contributed by atoms with Crippen molar-refractivity contribution in [2.75, 3.05) is 19.0 Å². The molecule has 0 aliphatic carbocycles. The van der Waals surface area contributed by atoms with Crippen molar-refractivity contribution in [1.82, 2.24) is 10.3 Å². The Morgan fingerprint density at radius 2 is 1.89 bits per heavy atom. The maximum absolute atomic E-state index is 12.4. The fourth-order valence-corrected chi connectivity index (χ4v) is 2.77. The molecule has 138 valence electrons. The van der Waals surface area contributed by atoms with Crippen molar-refractivity contribution in [2.45, 2.75) is 6.42 Å². The number of carbonyl (C=O) groups excluding carboxylic acids is 1. The summed E-state index contributed by atoms with van der Waals surface area (Å²) in [5.74, 6) is 1.27. The molecule has 6 heteroatoms. The monoisotopic (exact) mass is 381 g/mol. The number of hydrogen-bond donors (Lipinski definition) is 2. The number of nitrogens with zero attached hydrogens (tertiary/aromatic N) is 1. The van der Waals surface area contributed by atoms with Gasteiger partial charge in [-0.15, -0.1) is 0 Å². The zero-order valence-corrected chi connectivity index (χ0v) is 15.7. The Balaban J connectivity index is 1.59. The van der Waals surface area contributed by atoms with Crippen molar-refractivity contribution in [3.05, 3.63) is 83.0 Å². The highest BCUT2D eigenvalue weighted by atomic mass is 35.5. The number of hydrogen-bond acceptors (Lipinski definition) is 4. The van der Waals surface area contributed by atoms with E-state index in [2.05, 4.69) is 15.6 Å². The van der Waals surface area contributed by atoms with E-state index in [1.807, 2.05) is 36.4 Å². The van der Waals surface area contributed by atoms with Crippen LogP contribution in [0, 0.1) is 0 Å². The Morgan fingerprint density at radius 3 is 2.67 bits per heavy atom. The van der Waals surface area contributed by atoms with Crippen LogP contribution in [-0.4, -0.2) is 24.5 Å². The number of aromatic nitrogens is 1. The van der Waals surface area contributed by atoms with E-state index in [1.54, 1.807) is 37.6 Å². The highest BCUT2D eigenvalue weighted by molar-refractivity contribution is 6.30. The summed E-state index contributed by atoms with van der Waals surface area (Å²) in [6.07, 6.45) is 2.30. The van der Waals surface area contributed by atoms with Gasteiger partial charge in [0.2, 0.25) is 0 Å². The van der Waals surface area contributed by atoms with E-state index in [4.69, 9.17) is 16.3 Å². The number of anilines is 2. The molecule has 5 nitrogen and oxygen atoms in total. The van der Waals surface area contributed by atoms with Crippen LogP contribution in [-0.2, 0) is 6.42 Å². The number of carbonyl (C=O) groups is 1. The number of para-hydroxylation sites is 1. The summed E-state index contributed by atoms with van der Waals surface area (Å²) >= 11 is 5.89. The molecule has 27 heavy (non-hydrogen) atoms. The predicted molar refractivity (Wildman–Crippen MR) is 108 cm³/mol. The lowest BCUT2D eigenvalue weighted by Gasteiger charge is -2.10. The van der Waals surface area contributed by atoms with Gasteiger partial charge in [-0.05, 0) is 54.4 Å². The van der Waals surface area contributed by atoms with Crippen molar-refractivity contribution in [1.29, 1.82) is 0 Å². The van der Waals surface area contributed by atoms with Crippen LogP contribution in [0.15, 0.2) is 66.9 Å². The molecule has 0 unspecified atom stereocenters. The van der Waals surface area contributed by atoms with Crippen LogP contribution in [0.4, 0.5) is 11.5 Å². The van der Waals surface area contributed by atoms with Gasteiger partial charge in [-0.1, -0.05) is 29.8 Å². The van der Waals surface area contributed by atoms with Crippen LogP contribution >= 0.6 is 11.6 Å². The summed E-state index contributed by atoms with van der Waals surface area (Å²) in [5.41, 5.74) is 2.45. The number of pyridine rings is 1. The van der Waals surface area contributed by atoms with Crippen molar-refractivity contribution in [3.8, 4) is 5.75 Å². The Hall–Kier alpha value is -3.05. The molecule has 0 spiro atoms. The SMILES string of the molecule is COc1ccccc1CCNC(=O)c1ccnc(Nc2ccc(Cl)cc2)c1. The maximum atomic E-state index is 12.4. The zero-order valence-electron chi connectivity index (χ0n) is 14.9. The number of ether oxygens (including phenoxy) is 1. The number of amides is 1. The molecule has 0 radical (unpaired) electrons. The van der Waals surface area contributed by atoms with Crippen LogP contribution in [0.25, 0.3) is 0 Å². The summed E-state index contributed by atoms with van der Waals surface area (Å²) in [4.78, 5) is 16.7. The van der Waals surface area contributed by atoms with Crippen LogP contribution in [0.1, 0.15) is 15.9 Å². The van der Waals surface area contributed by atoms with Gasteiger partial charge in [-0.2, -0.15) is 0 Å². The van der Waals surface area contributed by atoms with E-state index < -0.39 is 0 Å². The molecular formula is C21H20ClN3O2. The van der Waals surface area contributed by atoms with Gasteiger partial charge >= 0.3 is 0 Å². The molecule has 0 fully saturated rings. The number of benzene rings is 2. The number of methoxy groups -OCH3 is 1. The van der Waals surface area contributed by atoms with Gasteiger partial charge in [0.15, 0.2) is 0 Å². The van der Waals surface area contributed by atoms with Crippen LogP contribution in [0.2, 0.25) is 5.02 Å². The van der Waals surface area contributed by atoms with Crippen molar-refractivity contribution < 1.29 is 9.53 Å². The second-order valence-electron chi connectivity index (χ2n) is 5.88. The van der Waals surface area contributed by atoms with E-state index >= 15 is 0 Å². The molecule has 0 bridgehead atoms. The summed E-state index contributed by atoms with van der Waals surface area (Å²) in [6.45, 7) is 0.515. The van der Waals surface area contributed by atoms with Crippen LogP contribution < -0.4 is 15.4 Å². The number of nitrogens with one attached hydrogen (secondary N) is 2. The van der Waals surface area contributed by atoms with E-state index in [0.717, 1.165) is 17.0 Å². The average Bonchev–Trinajstić information content (AvgIpc) is 2.70. The largest absolute Gasteiger partial charge is 0.496 e. The molecule has 3 aromatic rings. The summed E-state index contributed by atoms with van der Waals surface area (Å²) in [5, 5.41) is 6.75. The Bertz CT molecular complexity index is 913. The topological polar surface area (TPSA) is 63.2 Å². The third kappa shape index (κ3) is 5.21. The molecule has 1 aromatic heterocycles. The van der Waals surface area contributed by atoms with E-state index in [0.29, 0.717) is 29.4 Å². The molecular weight excluding hydrogens is 362 g/mol. The first-order valence-electron chi connectivity index (χ1n) is 8.54. The molecule has 0 aliphatic rings. The average molecular weight is 382 g/mol. The number of rotatable bonds is 7. The lowest BCUT2D eigenvalue weighted by molar-refractivity contribution is 0.0954. The zero-order chi connectivity index (χ0) is 19.1. The fourth-order valence-electron chi connectivity index (χ4n) is 2.64. The van der Waals surface area contributed by atoms with Crippen molar-refractivity contribution >= 4 is 29.0 Å². The Morgan fingerprint density at radius 1 is 1.11 bits per heavy atom. The van der Waals surface area contributed by atoms with Gasteiger partial charge < -0.3 is 15.4 Å². The first-order valence-corrected chi connectivity index (χ1v) is 8.92. The standard InChI is InChI=1S/C21H20ClN3O2/c1-27-19-5-3-2-4-15(19)10-13-24-21(26)16-11-12-23-20(14-16)25-18-8-6-17(22)7-9-18/h2-9,11-12,14H,10,13H2,1H3,(H,23,25)(H,24,26).